The maximum atomic E-state index is 12.3. The van der Waals surface area contributed by atoms with E-state index >= 15 is 0 Å². The molecule has 0 spiro atoms. The first kappa shape index (κ1) is 39.3. The zero-order chi connectivity index (χ0) is 30.2. The van der Waals surface area contributed by atoms with Crippen molar-refractivity contribution < 1.29 is 20.1 Å². The molecule has 238 valence electrons. The van der Waals surface area contributed by atoms with Crippen molar-refractivity contribution in [2.24, 2.45) is 0 Å². The van der Waals surface area contributed by atoms with E-state index in [2.05, 4.69) is 55.6 Å². The van der Waals surface area contributed by atoms with Crippen molar-refractivity contribution in [3.05, 3.63) is 48.6 Å². The molecule has 5 heteroatoms. The molecular formula is C36H65NO4. The monoisotopic (exact) mass is 575 g/mol. The van der Waals surface area contributed by atoms with Crippen molar-refractivity contribution in [3.63, 3.8) is 0 Å². The Morgan fingerprint density at radius 3 is 1.56 bits per heavy atom. The maximum Gasteiger partial charge on any atom is 0.249 e. The fraction of sp³-hybridized carbons (Fsp3) is 0.750. The molecule has 0 aliphatic heterocycles. The number of hydrogen-bond donors (Lipinski definition) is 4. The largest absolute Gasteiger partial charge is 0.394 e. The van der Waals surface area contributed by atoms with Crippen molar-refractivity contribution >= 4 is 5.91 Å². The van der Waals surface area contributed by atoms with Gasteiger partial charge in [-0.25, -0.2) is 0 Å². The highest BCUT2D eigenvalue weighted by Gasteiger charge is 2.22. The van der Waals surface area contributed by atoms with Gasteiger partial charge in [-0.15, -0.1) is 0 Å². The average Bonchev–Trinajstić information content (AvgIpc) is 2.98. The van der Waals surface area contributed by atoms with E-state index in [1.54, 1.807) is 6.08 Å². The van der Waals surface area contributed by atoms with Gasteiger partial charge in [0, 0.05) is 0 Å². The Bertz CT molecular complexity index is 685. The molecule has 0 aromatic heterocycles. The molecular weight excluding hydrogens is 510 g/mol. The quantitative estimate of drug-likeness (QED) is 0.0531. The van der Waals surface area contributed by atoms with Gasteiger partial charge in [-0.05, 0) is 64.2 Å². The number of rotatable bonds is 29. The maximum absolute atomic E-state index is 12.3. The van der Waals surface area contributed by atoms with E-state index in [1.165, 1.54) is 70.6 Å². The summed E-state index contributed by atoms with van der Waals surface area (Å²) in [7, 11) is 0. The van der Waals surface area contributed by atoms with Crippen LogP contribution in [0, 0.1) is 0 Å². The molecule has 0 fully saturated rings. The smallest absolute Gasteiger partial charge is 0.249 e. The summed E-state index contributed by atoms with van der Waals surface area (Å²) in [4.78, 5) is 12.3. The van der Waals surface area contributed by atoms with Crippen LogP contribution in [-0.2, 0) is 4.79 Å². The minimum absolute atomic E-state index is 0.386. The van der Waals surface area contributed by atoms with Gasteiger partial charge in [0.1, 0.15) is 6.10 Å². The zero-order valence-electron chi connectivity index (χ0n) is 26.7. The van der Waals surface area contributed by atoms with Crippen LogP contribution in [0.15, 0.2) is 48.6 Å². The number of carbonyl (C=O) groups is 1. The molecule has 0 saturated carbocycles. The molecule has 4 N–H and O–H groups in total. The molecule has 0 saturated heterocycles. The van der Waals surface area contributed by atoms with Crippen molar-refractivity contribution in [2.45, 2.75) is 167 Å². The summed E-state index contributed by atoms with van der Waals surface area (Å²) >= 11 is 0. The van der Waals surface area contributed by atoms with Gasteiger partial charge in [0.25, 0.3) is 0 Å². The molecule has 0 aromatic carbocycles. The van der Waals surface area contributed by atoms with E-state index in [1.807, 2.05) is 6.08 Å². The minimum atomic E-state index is -1.12. The first-order valence-electron chi connectivity index (χ1n) is 17.0. The molecule has 0 aliphatic rings. The molecule has 0 bridgehead atoms. The lowest BCUT2D eigenvalue weighted by molar-refractivity contribution is -0.131. The van der Waals surface area contributed by atoms with Gasteiger partial charge in [0.2, 0.25) is 5.91 Å². The Hall–Kier alpha value is -1.69. The molecule has 3 atom stereocenters. The van der Waals surface area contributed by atoms with Crippen LogP contribution in [0.2, 0.25) is 0 Å². The minimum Gasteiger partial charge on any atom is -0.394 e. The van der Waals surface area contributed by atoms with Gasteiger partial charge in [0.15, 0.2) is 0 Å². The Morgan fingerprint density at radius 1 is 0.585 bits per heavy atom. The Kier molecular flexibility index (Phi) is 30.0. The lowest BCUT2D eigenvalue weighted by atomic mass is 10.1. The normalized spacial score (nSPS) is 14.6. The van der Waals surface area contributed by atoms with Crippen LogP contribution >= 0.6 is 0 Å². The second-order valence-electron chi connectivity index (χ2n) is 11.3. The molecule has 3 unspecified atom stereocenters. The summed E-state index contributed by atoms with van der Waals surface area (Å²) in [5.74, 6) is -0.536. The van der Waals surface area contributed by atoms with Crippen molar-refractivity contribution in [1.82, 2.24) is 5.32 Å². The van der Waals surface area contributed by atoms with E-state index in [0.717, 1.165) is 57.8 Å². The van der Waals surface area contributed by atoms with Gasteiger partial charge in [0.05, 0.1) is 18.8 Å². The lowest BCUT2D eigenvalue weighted by Gasteiger charge is -2.21. The third kappa shape index (κ3) is 26.9. The van der Waals surface area contributed by atoms with Crippen LogP contribution in [0.25, 0.3) is 0 Å². The number of amides is 1. The molecule has 1 amide bonds. The summed E-state index contributed by atoms with van der Waals surface area (Å²) in [6.07, 6.45) is 38.5. The second kappa shape index (κ2) is 31.3. The third-order valence-corrected chi connectivity index (χ3v) is 7.37. The zero-order valence-corrected chi connectivity index (χ0v) is 26.7. The highest BCUT2D eigenvalue weighted by Crippen LogP contribution is 2.11. The van der Waals surface area contributed by atoms with Gasteiger partial charge in [-0.1, -0.05) is 133 Å². The predicted molar refractivity (Wildman–Crippen MR) is 176 cm³/mol. The highest BCUT2D eigenvalue weighted by atomic mass is 16.3. The van der Waals surface area contributed by atoms with Gasteiger partial charge in [-0.2, -0.15) is 0 Å². The average molecular weight is 576 g/mol. The Balaban J connectivity index is 3.88. The van der Waals surface area contributed by atoms with Crippen molar-refractivity contribution in [3.8, 4) is 0 Å². The standard InChI is InChI=1S/C36H65NO4/c1-3-5-7-9-11-13-14-15-16-17-18-19-20-21-23-24-26-28-30-34(39)33(32-38)37-36(41)35(40)31-29-27-25-22-12-10-8-6-4-2/h10,12,17-18,21,23,28,30,33-35,38-40H,3-9,11,13-16,19-20,22,24-27,29,31-32H2,1-2H3,(H,37,41)/b12-10-,18-17+,23-21+,30-28+. The summed E-state index contributed by atoms with van der Waals surface area (Å²) < 4.78 is 0. The van der Waals surface area contributed by atoms with E-state index in [0.29, 0.717) is 6.42 Å². The number of hydrogen-bond acceptors (Lipinski definition) is 4. The summed E-state index contributed by atoms with van der Waals surface area (Å²) in [5, 5.41) is 32.7. The van der Waals surface area contributed by atoms with Crippen LogP contribution in [-0.4, -0.2) is 46.1 Å². The van der Waals surface area contributed by atoms with Crippen molar-refractivity contribution in [1.29, 1.82) is 0 Å². The van der Waals surface area contributed by atoms with E-state index in [-0.39, 0.29) is 6.61 Å². The number of aliphatic hydroxyl groups excluding tert-OH is 3. The molecule has 41 heavy (non-hydrogen) atoms. The number of allylic oxidation sites excluding steroid dienone is 7. The van der Waals surface area contributed by atoms with E-state index < -0.39 is 24.2 Å². The lowest BCUT2D eigenvalue weighted by Crippen LogP contribution is -2.48. The fourth-order valence-electron chi connectivity index (χ4n) is 4.61. The van der Waals surface area contributed by atoms with Crippen LogP contribution in [0.3, 0.4) is 0 Å². The second-order valence-corrected chi connectivity index (χ2v) is 11.3. The summed E-state index contributed by atoms with van der Waals surface area (Å²) in [5.41, 5.74) is 0. The highest BCUT2D eigenvalue weighted by molar-refractivity contribution is 5.80. The molecule has 0 aromatic rings. The molecule has 0 radical (unpaired) electrons. The topological polar surface area (TPSA) is 89.8 Å². The first-order valence-corrected chi connectivity index (χ1v) is 17.0. The fourth-order valence-corrected chi connectivity index (χ4v) is 4.61. The SMILES string of the molecule is CCCC/C=C\CCCCCC(O)C(=O)NC(CO)C(O)/C=C/CC/C=C/CC/C=C/CCCCCCCCCC. The number of carbonyl (C=O) groups excluding carboxylic acids is 1. The third-order valence-electron chi connectivity index (χ3n) is 7.37. The Labute approximate surface area is 253 Å². The molecule has 0 rings (SSSR count). The van der Waals surface area contributed by atoms with Crippen LogP contribution in [0.1, 0.15) is 149 Å². The molecule has 0 aliphatic carbocycles. The van der Waals surface area contributed by atoms with Gasteiger partial charge in [-0.3, -0.25) is 4.79 Å². The van der Waals surface area contributed by atoms with E-state index in [9.17, 15) is 20.1 Å². The molecule has 5 nitrogen and oxygen atoms in total. The van der Waals surface area contributed by atoms with Crippen molar-refractivity contribution in [2.75, 3.05) is 6.61 Å². The number of unbranched alkanes of at least 4 members (excludes halogenated alkanes) is 15. The number of aliphatic hydroxyl groups is 3. The predicted octanol–water partition coefficient (Wildman–Crippen LogP) is 8.64. The first-order chi connectivity index (χ1) is 20.1. The van der Waals surface area contributed by atoms with Crippen LogP contribution in [0.5, 0.6) is 0 Å². The summed E-state index contributed by atoms with van der Waals surface area (Å²) in [6.45, 7) is 4.06. The Morgan fingerprint density at radius 2 is 1.02 bits per heavy atom. The van der Waals surface area contributed by atoms with Gasteiger partial charge < -0.3 is 20.6 Å². The summed E-state index contributed by atoms with van der Waals surface area (Å²) in [6, 6.07) is -0.824. The van der Waals surface area contributed by atoms with E-state index in [4.69, 9.17) is 0 Å². The van der Waals surface area contributed by atoms with Crippen LogP contribution < -0.4 is 5.32 Å². The van der Waals surface area contributed by atoms with Gasteiger partial charge >= 0.3 is 0 Å². The molecule has 0 heterocycles. The van der Waals surface area contributed by atoms with Crippen LogP contribution in [0.4, 0.5) is 0 Å². The number of nitrogens with one attached hydrogen (secondary N) is 1.